The maximum Gasteiger partial charge on any atom is 0.238 e. The highest BCUT2D eigenvalue weighted by Crippen LogP contribution is 2.12. The molecule has 17 heavy (non-hydrogen) atoms. The number of rotatable bonds is 4. The molecule has 1 rings (SSSR count). The first kappa shape index (κ1) is 13.6. The van der Waals surface area contributed by atoms with E-state index in [1.165, 1.54) is 12.1 Å². The van der Waals surface area contributed by atoms with Crippen molar-refractivity contribution >= 4 is 33.0 Å². The molecule has 0 saturated carbocycles. The average Bonchev–Trinajstić information content (AvgIpc) is 2.26. The zero-order valence-corrected chi connectivity index (χ0v) is 10.6. The van der Waals surface area contributed by atoms with E-state index in [-0.39, 0.29) is 4.90 Å². The van der Waals surface area contributed by atoms with E-state index in [0.29, 0.717) is 17.3 Å². The van der Waals surface area contributed by atoms with Crippen LogP contribution in [0.2, 0.25) is 0 Å². The number of sulfonamides is 1. The summed E-state index contributed by atoms with van der Waals surface area (Å²) in [5.41, 5.74) is 0.680. The van der Waals surface area contributed by atoms with Gasteiger partial charge < -0.3 is 10.6 Å². The van der Waals surface area contributed by atoms with Crippen molar-refractivity contribution in [2.45, 2.75) is 4.90 Å². The van der Waals surface area contributed by atoms with Crippen molar-refractivity contribution in [3.63, 3.8) is 0 Å². The quantitative estimate of drug-likeness (QED) is 0.557. The minimum absolute atomic E-state index is 0.0630. The third-order valence-corrected chi connectivity index (χ3v) is 3.02. The standard InChI is InChI=1S/C10H13N3O2S2/c1-2-7-12-10(16)13-8-3-5-9(6-4-8)17(11,14)15/h2-6H,1,7H2,(H2,11,14,15)(H2,12,13,16). The molecule has 0 atom stereocenters. The minimum Gasteiger partial charge on any atom is -0.359 e. The molecule has 0 saturated heterocycles. The first-order chi connectivity index (χ1) is 7.93. The number of benzene rings is 1. The van der Waals surface area contributed by atoms with Crippen LogP contribution in [0.3, 0.4) is 0 Å². The van der Waals surface area contributed by atoms with Crippen LogP contribution < -0.4 is 15.8 Å². The van der Waals surface area contributed by atoms with Crippen LogP contribution in [-0.4, -0.2) is 20.1 Å². The minimum atomic E-state index is -3.65. The molecular formula is C10H13N3O2S2. The Labute approximate surface area is 106 Å². The summed E-state index contributed by atoms with van der Waals surface area (Å²) in [4.78, 5) is 0.0630. The molecule has 0 bridgehead atoms. The van der Waals surface area contributed by atoms with Gasteiger partial charge in [-0.05, 0) is 36.5 Å². The van der Waals surface area contributed by atoms with Gasteiger partial charge in [0.2, 0.25) is 10.0 Å². The smallest absolute Gasteiger partial charge is 0.238 e. The van der Waals surface area contributed by atoms with Gasteiger partial charge in [-0.2, -0.15) is 0 Å². The van der Waals surface area contributed by atoms with Gasteiger partial charge >= 0.3 is 0 Å². The number of nitrogens with two attached hydrogens (primary N) is 1. The van der Waals surface area contributed by atoms with Crippen LogP contribution in [0.15, 0.2) is 41.8 Å². The van der Waals surface area contributed by atoms with Crippen molar-refractivity contribution in [1.82, 2.24) is 5.32 Å². The second-order valence-corrected chi connectivity index (χ2v) is 5.16. The fourth-order valence-corrected chi connectivity index (χ4v) is 1.78. The zero-order chi connectivity index (χ0) is 12.9. The van der Waals surface area contributed by atoms with Gasteiger partial charge in [-0.25, -0.2) is 13.6 Å². The van der Waals surface area contributed by atoms with E-state index in [9.17, 15) is 8.42 Å². The molecule has 4 N–H and O–H groups in total. The van der Waals surface area contributed by atoms with E-state index in [2.05, 4.69) is 17.2 Å². The Morgan fingerprint density at radius 2 is 2.00 bits per heavy atom. The summed E-state index contributed by atoms with van der Waals surface area (Å²) in [6.07, 6.45) is 1.68. The fourth-order valence-electron chi connectivity index (χ4n) is 1.07. The molecule has 1 aromatic rings. The predicted octanol–water partition coefficient (Wildman–Crippen LogP) is 0.806. The number of thiocarbonyl (C=S) groups is 1. The molecule has 0 aliphatic rings. The van der Waals surface area contributed by atoms with Gasteiger partial charge in [0.25, 0.3) is 0 Å². The normalized spacial score (nSPS) is 10.6. The molecule has 0 unspecified atom stereocenters. The number of anilines is 1. The highest BCUT2D eigenvalue weighted by Gasteiger charge is 2.06. The van der Waals surface area contributed by atoms with E-state index < -0.39 is 10.0 Å². The SMILES string of the molecule is C=CCNC(=S)Nc1ccc(S(N)(=O)=O)cc1. The van der Waals surface area contributed by atoms with Gasteiger partial charge in [-0.15, -0.1) is 6.58 Å². The molecule has 0 radical (unpaired) electrons. The van der Waals surface area contributed by atoms with Crippen molar-refractivity contribution in [1.29, 1.82) is 0 Å². The summed E-state index contributed by atoms with van der Waals surface area (Å²) in [5.74, 6) is 0. The molecule has 0 aromatic heterocycles. The van der Waals surface area contributed by atoms with E-state index in [1.54, 1.807) is 18.2 Å². The highest BCUT2D eigenvalue weighted by molar-refractivity contribution is 7.89. The summed E-state index contributed by atoms with van der Waals surface area (Å²) < 4.78 is 22.0. The number of nitrogens with one attached hydrogen (secondary N) is 2. The molecule has 0 heterocycles. The van der Waals surface area contributed by atoms with Crippen LogP contribution in [0.25, 0.3) is 0 Å². The molecule has 0 fully saturated rings. The monoisotopic (exact) mass is 271 g/mol. The van der Waals surface area contributed by atoms with Crippen LogP contribution in [0, 0.1) is 0 Å². The van der Waals surface area contributed by atoms with Crippen molar-refractivity contribution in [2.75, 3.05) is 11.9 Å². The fraction of sp³-hybridized carbons (Fsp3) is 0.100. The molecule has 5 nitrogen and oxygen atoms in total. The largest absolute Gasteiger partial charge is 0.359 e. The van der Waals surface area contributed by atoms with Crippen LogP contribution >= 0.6 is 12.2 Å². The van der Waals surface area contributed by atoms with Gasteiger partial charge in [-0.1, -0.05) is 6.08 Å². The third-order valence-electron chi connectivity index (χ3n) is 1.85. The Morgan fingerprint density at radius 1 is 1.41 bits per heavy atom. The lowest BCUT2D eigenvalue weighted by Gasteiger charge is -2.09. The molecule has 92 valence electrons. The summed E-state index contributed by atoms with van der Waals surface area (Å²) >= 11 is 4.99. The molecule has 0 amide bonds. The maximum absolute atomic E-state index is 11.0. The number of primary sulfonamides is 1. The molecule has 1 aromatic carbocycles. The summed E-state index contributed by atoms with van der Waals surface area (Å²) in [7, 11) is -3.65. The highest BCUT2D eigenvalue weighted by atomic mass is 32.2. The first-order valence-corrected chi connectivity index (χ1v) is 6.67. The summed E-state index contributed by atoms with van der Waals surface area (Å²) in [5, 5.41) is 11.2. The molecule has 0 spiro atoms. The maximum atomic E-state index is 11.0. The van der Waals surface area contributed by atoms with E-state index in [1.807, 2.05) is 0 Å². The predicted molar refractivity (Wildman–Crippen MR) is 72.2 cm³/mol. The van der Waals surface area contributed by atoms with Crippen molar-refractivity contribution in [3.05, 3.63) is 36.9 Å². The van der Waals surface area contributed by atoms with E-state index >= 15 is 0 Å². The number of hydrogen-bond donors (Lipinski definition) is 3. The van der Waals surface area contributed by atoms with E-state index in [0.717, 1.165) is 0 Å². The van der Waals surface area contributed by atoms with Crippen LogP contribution in [0.1, 0.15) is 0 Å². The van der Waals surface area contributed by atoms with Crippen molar-refractivity contribution in [3.8, 4) is 0 Å². The lowest BCUT2D eigenvalue weighted by molar-refractivity contribution is 0.598. The van der Waals surface area contributed by atoms with E-state index in [4.69, 9.17) is 17.4 Å². The number of hydrogen-bond acceptors (Lipinski definition) is 3. The third kappa shape index (κ3) is 4.51. The van der Waals surface area contributed by atoms with Crippen LogP contribution in [0.4, 0.5) is 5.69 Å². The van der Waals surface area contributed by atoms with Crippen LogP contribution in [-0.2, 0) is 10.0 Å². The zero-order valence-electron chi connectivity index (χ0n) is 9.01. The average molecular weight is 271 g/mol. The molecule has 0 aliphatic heterocycles. The lowest BCUT2D eigenvalue weighted by Crippen LogP contribution is -2.28. The topological polar surface area (TPSA) is 84.2 Å². The van der Waals surface area contributed by atoms with Gasteiger partial charge in [0, 0.05) is 12.2 Å². The van der Waals surface area contributed by atoms with Crippen molar-refractivity contribution < 1.29 is 8.42 Å². The van der Waals surface area contributed by atoms with Gasteiger partial charge in [0.15, 0.2) is 5.11 Å². The summed E-state index contributed by atoms with van der Waals surface area (Å²) in [6, 6.07) is 5.99. The molecule has 7 heteroatoms. The second kappa shape index (κ2) is 5.76. The Balaban J connectivity index is 2.69. The molecule has 0 aliphatic carbocycles. The Bertz CT molecular complexity index is 509. The second-order valence-electron chi connectivity index (χ2n) is 3.19. The van der Waals surface area contributed by atoms with Gasteiger partial charge in [0.05, 0.1) is 4.90 Å². The van der Waals surface area contributed by atoms with Crippen molar-refractivity contribution in [2.24, 2.45) is 5.14 Å². The van der Waals surface area contributed by atoms with Crippen LogP contribution in [0.5, 0.6) is 0 Å². The Morgan fingerprint density at radius 3 is 2.47 bits per heavy atom. The lowest BCUT2D eigenvalue weighted by atomic mass is 10.3. The Kier molecular flexibility index (Phi) is 4.62. The molecular weight excluding hydrogens is 258 g/mol. The summed E-state index contributed by atoms with van der Waals surface area (Å²) in [6.45, 7) is 4.10. The van der Waals surface area contributed by atoms with Gasteiger partial charge in [-0.3, -0.25) is 0 Å². The first-order valence-electron chi connectivity index (χ1n) is 4.72. The van der Waals surface area contributed by atoms with Gasteiger partial charge in [0.1, 0.15) is 0 Å². The Hall–Kier alpha value is -1.44.